The second-order valence-corrected chi connectivity index (χ2v) is 12.3. The first-order valence-electron chi connectivity index (χ1n) is 17.0. The molecule has 8 heteroatoms. The minimum Gasteiger partial charge on any atom is -0.463 e. The summed E-state index contributed by atoms with van der Waals surface area (Å²) in [6, 6.07) is 8.19. The molecule has 1 aromatic carbocycles. The van der Waals surface area contributed by atoms with Gasteiger partial charge in [-0.25, -0.2) is 0 Å². The molecule has 1 heterocycles. The third-order valence-corrected chi connectivity index (χ3v) is 8.32. The van der Waals surface area contributed by atoms with Crippen molar-refractivity contribution in [2.24, 2.45) is 0 Å². The van der Waals surface area contributed by atoms with Gasteiger partial charge < -0.3 is 30.2 Å². The van der Waals surface area contributed by atoms with Crippen LogP contribution < -0.4 is 5.32 Å². The van der Waals surface area contributed by atoms with Gasteiger partial charge in [0.2, 0.25) is 5.91 Å². The van der Waals surface area contributed by atoms with Gasteiger partial charge in [-0.3, -0.25) is 9.59 Å². The summed E-state index contributed by atoms with van der Waals surface area (Å²) in [6.45, 7) is 2.26. The van der Waals surface area contributed by atoms with Crippen LogP contribution in [-0.2, 0) is 20.7 Å². The van der Waals surface area contributed by atoms with Crippen LogP contribution in [0.4, 0.5) is 0 Å². The highest BCUT2D eigenvalue weighted by atomic mass is 16.5. The van der Waals surface area contributed by atoms with E-state index in [1.165, 1.54) is 62.3 Å². The van der Waals surface area contributed by atoms with Crippen LogP contribution in [0.1, 0.15) is 109 Å². The number of carbonyl (C=O) groups is 2. The van der Waals surface area contributed by atoms with E-state index in [0.29, 0.717) is 13.0 Å². The fourth-order valence-electron chi connectivity index (χ4n) is 5.30. The number of hydrogen-bond acceptors (Lipinski definition) is 6. The van der Waals surface area contributed by atoms with Crippen LogP contribution in [0.2, 0.25) is 0 Å². The van der Waals surface area contributed by atoms with Gasteiger partial charge in [-0.2, -0.15) is 0 Å². The second-order valence-electron chi connectivity index (χ2n) is 12.3. The first-order valence-corrected chi connectivity index (χ1v) is 17.0. The van der Waals surface area contributed by atoms with Crippen molar-refractivity contribution in [1.29, 1.82) is 0 Å². The number of aliphatic hydroxyl groups excluding tert-OH is 2. The minimum atomic E-state index is -1.39. The number of nitrogens with one attached hydrogen (secondary N) is 2. The number of H-pyrrole nitrogens is 1. The molecule has 4 N–H and O–H groups in total. The van der Waals surface area contributed by atoms with Crippen LogP contribution in [0.15, 0.2) is 42.6 Å². The Labute approximate surface area is 265 Å². The van der Waals surface area contributed by atoms with Crippen molar-refractivity contribution >= 4 is 22.8 Å². The molecular formula is C36H59N3O5. The van der Waals surface area contributed by atoms with E-state index in [-0.39, 0.29) is 24.9 Å². The lowest BCUT2D eigenvalue weighted by atomic mass is 10.0. The molecule has 2 aromatic rings. The van der Waals surface area contributed by atoms with Crippen LogP contribution in [0, 0.1) is 0 Å². The topological polar surface area (TPSA) is 115 Å². The van der Waals surface area contributed by atoms with Crippen LogP contribution in [0.25, 0.3) is 10.9 Å². The summed E-state index contributed by atoms with van der Waals surface area (Å²) in [5.41, 5.74) is 0.958. The molecule has 0 saturated heterocycles. The molecule has 0 saturated carbocycles. The molecule has 0 spiro atoms. The number of rotatable bonds is 26. The number of allylic oxidation sites excluding steroid dienone is 2. The molecule has 0 atom stereocenters. The number of esters is 1. The summed E-state index contributed by atoms with van der Waals surface area (Å²) in [5, 5.41) is 23.8. The molecular weight excluding hydrogens is 554 g/mol. The number of unbranched alkanes of at least 4 members (excludes halogenated alkanes) is 11. The molecule has 0 bridgehead atoms. The smallest absolute Gasteiger partial charge is 0.305 e. The number of amides is 1. The number of para-hydroxylation sites is 1. The molecule has 1 amide bonds. The van der Waals surface area contributed by atoms with Gasteiger partial charge in [0.05, 0.1) is 13.2 Å². The van der Waals surface area contributed by atoms with Crippen molar-refractivity contribution in [3.8, 4) is 0 Å². The maximum absolute atomic E-state index is 12.7. The fourth-order valence-corrected chi connectivity index (χ4v) is 5.30. The van der Waals surface area contributed by atoms with E-state index in [1.807, 2.05) is 25.4 Å². The third-order valence-electron chi connectivity index (χ3n) is 8.32. The standard InChI is InChI=1S/C36H59N3O5/c1-3-4-5-6-7-8-9-10-11-12-13-14-15-16-17-22-35(43)44-30-36(28-40,29-41)38-34(42)24-26-39(2)25-23-31-27-37-33-21-19-18-20-32(31)33/h10-11,18-21,27,37,40-41H,3-9,12-17,22-26,28-30H2,1-2H3,(H,38,42)/b11-10-. The van der Waals surface area contributed by atoms with Gasteiger partial charge in [0.15, 0.2) is 0 Å². The lowest BCUT2D eigenvalue weighted by Crippen LogP contribution is -2.58. The predicted molar refractivity (Wildman–Crippen MR) is 180 cm³/mol. The number of hydrogen-bond donors (Lipinski definition) is 4. The Morgan fingerprint density at radius 1 is 0.886 bits per heavy atom. The molecule has 0 aliphatic carbocycles. The zero-order valence-electron chi connectivity index (χ0n) is 27.5. The Morgan fingerprint density at radius 2 is 1.52 bits per heavy atom. The Hall–Kier alpha value is -2.68. The average molecular weight is 614 g/mol. The average Bonchev–Trinajstić information content (AvgIpc) is 3.46. The van der Waals surface area contributed by atoms with E-state index in [9.17, 15) is 19.8 Å². The number of nitrogens with zero attached hydrogens (tertiary/aromatic N) is 1. The summed E-state index contributed by atoms with van der Waals surface area (Å²) >= 11 is 0. The zero-order valence-corrected chi connectivity index (χ0v) is 27.5. The molecule has 44 heavy (non-hydrogen) atoms. The van der Waals surface area contributed by atoms with Gasteiger partial charge >= 0.3 is 5.97 Å². The number of carbonyl (C=O) groups excluding carboxylic acids is 2. The van der Waals surface area contributed by atoms with Crippen molar-refractivity contribution in [1.82, 2.24) is 15.2 Å². The highest BCUT2D eigenvalue weighted by molar-refractivity contribution is 5.83. The van der Waals surface area contributed by atoms with E-state index in [0.717, 1.165) is 50.6 Å². The highest BCUT2D eigenvalue weighted by Gasteiger charge is 2.32. The Morgan fingerprint density at radius 3 is 2.20 bits per heavy atom. The van der Waals surface area contributed by atoms with Crippen molar-refractivity contribution in [3.63, 3.8) is 0 Å². The SMILES string of the molecule is CCCCCCCC/C=C\CCCCCCCC(=O)OCC(CO)(CO)NC(=O)CCN(C)CCc1c[nH]c2ccccc12. The lowest BCUT2D eigenvalue weighted by Gasteiger charge is -2.30. The van der Waals surface area contributed by atoms with Gasteiger partial charge in [0.1, 0.15) is 12.1 Å². The molecule has 2 rings (SSSR count). The van der Waals surface area contributed by atoms with Crippen LogP contribution in [0.5, 0.6) is 0 Å². The number of fused-ring (bicyclic) bond motifs is 1. The molecule has 8 nitrogen and oxygen atoms in total. The van der Waals surface area contributed by atoms with Gasteiger partial charge in [0, 0.05) is 43.0 Å². The van der Waals surface area contributed by atoms with E-state index >= 15 is 0 Å². The van der Waals surface area contributed by atoms with Crippen LogP contribution in [-0.4, -0.2) is 77.5 Å². The predicted octanol–water partition coefficient (Wildman–Crippen LogP) is 6.45. The summed E-state index contributed by atoms with van der Waals surface area (Å²) in [7, 11) is 1.96. The summed E-state index contributed by atoms with van der Waals surface area (Å²) < 4.78 is 5.35. The Kier molecular flexibility index (Phi) is 19.4. The number of ether oxygens (including phenoxy) is 1. The summed E-state index contributed by atoms with van der Waals surface area (Å²) in [5.74, 6) is -0.680. The second kappa shape index (κ2) is 22.8. The van der Waals surface area contributed by atoms with Gasteiger partial charge in [-0.15, -0.1) is 0 Å². The summed E-state index contributed by atoms with van der Waals surface area (Å²) in [4.78, 5) is 30.3. The molecule has 1 aromatic heterocycles. The van der Waals surface area contributed by atoms with Crippen LogP contribution in [0.3, 0.4) is 0 Å². The monoisotopic (exact) mass is 613 g/mol. The normalized spacial score (nSPS) is 12.0. The fraction of sp³-hybridized carbons (Fsp3) is 0.667. The number of likely N-dealkylation sites (N-methyl/N-ethyl adjacent to an activating group) is 1. The molecule has 248 valence electrons. The van der Waals surface area contributed by atoms with Gasteiger partial charge in [0.25, 0.3) is 0 Å². The van der Waals surface area contributed by atoms with Gasteiger partial charge in [-0.05, 0) is 57.2 Å². The van der Waals surface area contributed by atoms with Crippen molar-refractivity contribution in [3.05, 3.63) is 48.2 Å². The maximum atomic E-state index is 12.7. The number of benzene rings is 1. The van der Waals surface area contributed by atoms with Crippen LogP contribution >= 0.6 is 0 Å². The minimum absolute atomic E-state index is 0.203. The first kappa shape index (κ1) is 37.5. The molecule has 0 aliphatic heterocycles. The maximum Gasteiger partial charge on any atom is 0.305 e. The Balaban J connectivity index is 1.54. The van der Waals surface area contributed by atoms with Gasteiger partial charge in [-0.1, -0.05) is 88.6 Å². The highest BCUT2D eigenvalue weighted by Crippen LogP contribution is 2.18. The third kappa shape index (κ3) is 15.4. The summed E-state index contributed by atoms with van der Waals surface area (Å²) in [6.07, 6.45) is 23.5. The number of aromatic nitrogens is 1. The molecule has 0 aliphatic rings. The van der Waals surface area contributed by atoms with E-state index in [1.54, 1.807) is 0 Å². The number of aliphatic hydroxyl groups is 2. The van der Waals surface area contributed by atoms with E-state index in [2.05, 4.69) is 46.4 Å². The van der Waals surface area contributed by atoms with E-state index in [4.69, 9.17) is 4.74 Å². The number of aromatic amines is 1. The first-order chi connectivity index (χ1) is 21.4. The van der Waals surface area contributed by atoms with Crippen molar-refractivity contribution < 1.29 is 24.5 Å². The lowest BCUT2D eigenvalue weighted by molar-refractivity contribution is -0.149. The quantitative estimate of drug-likeness (QED) is 0.0551. The molecule has 0 unspecified atom stereocenters. The Bertz CT molecular complexity index is 1080. The van der Waals surface area contributed by atoms with Crippen molar-refractivity contribution in [2.75, 3.05) is 40.0 Å². The van der Waals surface area contributed by atoms with Crippen molar-refractivity contribution in [2.45, 2.75) is 115 Å². The van der Waals surface area contributed by atoms with E-state index < -0.39 is 18.8 Å². The molecule has 0 radical (unpaired) electrons. The molecule has 0 fully saturated rings. The zero-order chi connectivity index (χ0) is 31.9. The largest absolute Gasteiger partial charge is 0.463 e.